The molecule has 2 aromatic rings. The molecule has 0 aliphatic heterocycles. The molecule has 0 amide bonds. The molecule has 0 aromatic heterocycles. The van der Waals surface area contributed by atoms with Crippen molar-refractivity contribution < 1.29 is 0 Å². The fourth-order valence-corrected chi connectivity index (χ4v) is 3.34. The van der Waals surface area contributed by atoms with Crippen LogP contribution in [0.3, 0.4) is 0 Å². The first-order valence-electron chi connectivity index (χ1n) is 7.07. The molecule has 1 heteroatoms. The SMILES string of the molecule is CN(C)[C@H]1CC[C@H](c2ccccc2)c2ccccc21. The smallest absolute Gasteiger partial charge is 0.0345 e. The summed E-state index contributed by atoms with van der Waals surface area (Å²) < 4.78 is 0. The molecule has 0 spiro atoms. The first kappa shape index (κ1) is 12.4. The largest absolute Gasteiger partial charge is 0.302 e. The van der Waals surface area contributed by atoms with Gasteiger partial charge < -0.3 is 4.90 Å². The fourth-order valence-electron chi connectivity index (χ4n) is 3.34. The second kappa shape index (κ2) is 5.18. The zero-order chi connectivity index (χ0) is 13.2. The molecular weight excluding hydrogens is 230 g/mol. The van der Waals surface area contributed by atoms with E-state index in [4.69, 9.17) is 0 Å². The normalized spacial score (nSPS) is 22.3. The molecule has 1 aliphatic rings. The van der Waals surface area contributed by atoms with Gasteiger partial charge in [-0.1, -0.05) is 54.6 Å². The molecular formula is C18H21N. The molecule has 2 aromatic carbocycles. The van der Waals surface area contributed by atoms with Crippen molar-refractivity contribution in [1.29, 1.82) is 0 Å². The molecule has 98 valence electrons. The number of nitrogens with zero attached hydrogens (tertiary/aromatic N) is 1. The lowest BCUT2D eigenvalue weighted by atomic mass is 9.76. The Labute approximate surface area is 115 Å². The van der Waals surface area contributed by atoms with Gasteiger partial charge in [-0.25, -0.2) is 0 Å². The van der Waals surface area contributed by atoms with Gasteiger partial charge in [0.05, 0.1) is 0 Å². The minimum absolute atomic E-state index is 0.564. The molecule has 1 aliphatic carbocycles. The predicted molar refractivity (Wildman–Crippen MR) is 80.4 cm³/mol. The van der Waals surface area contributed by atoms with Crippen LogP contribution in [0.15, 0.2) is 54.6 Å². The van der Waals surface area contributed by atoms with Crippen LogP contribution in [0.2, 0.25) is 0 Å². The lowest BCUT2D eigenvalue weighted by Crippen LogP contribution is -2.26. The van der Waals surface area contributed by atoms with Crippen LogP contribution in [0.4, 0.5) is 0 Å². The standard InChI is InChI=1S/C18H21N/c1-19(2)18-13-12-15(14-8-4-3-5-9-14)16-10-6-7-11-17(16)18/h3-11,15,18H,12-13H2,1-2H3/t15-,18+/m1/s1. The first-order valence-corrected chi connectivity index (χ1v) is 7.07. The summed E-state index contributed by atoms with van der Waals surface area (Å²) in [7, 11) is 4.37. The van der Waals surface area contributed by atoms with Crippen molar-refractivity contribution in [3.63, 3.8) is 0 Å². The van der Waals surface area contributed by atoms with E-state index in [1.54, 1.807) is 0 Å². The second-order valence-corrected chi connectivity index (χ2v) is 5.65. The molecule has 0 bridgehead atoms. The van der Waals surface area contributed by atoms with Crippen molar-refractivity contribution in [3.8, 4) is 0 Å². The topological polar surface area (TPSA) is 3.24 Å². The third-order valence-corrected chi connectivity index (χ3v) is 4.28. The van der Waals surface area contributed by atoms with Gasteiger partial charge in [0.2, 0.25) is 0 Å². The molecule has 0 heterocycles. The van der Waals surface area contributed by atoms with Gasteiger partial charge in [-0.3, -0.25) is 0 Å². The van der Waals surface area contributed by atoms with Gasteiger partial charge in [-0.2, -0.15) is 0 Å². The van der Waals surface area contributed by atoms with E-state index in [2.05, 4.69) is 73.6 Å². The maximum atomic E-state index is 2.35. The lowest BCUT2D eigenvalue weighted by molar-refractivity contribution is 0.263. The van der Waals surface area contributed by atoms with E-state index in [1.807, 2.05) is 0 Å². The lowest BCUT2D eigenvalue weighted by Gasteiger charge is -2.35. The molecule has 3 rings (SSSR count). The quantitative estimate of drug-likeness (QED) is 0.772. The van der Waals surface area contributed by atoms with Crippen molar-refractivity contribution >= 4 is 0 Å². The Morgan fingerprint density at radius 3 is 2.11 bits per heavy atom. The summed E-state index contributed by atoms with van der Waals surface area (Å²) >= 11 is 0. The van der Waals surface area contributed by atoms with E-state index in [0.29, 0.717) is 12.0 Å². The molecule has 0 radical (unpaired) electrons. The Bertz CT molecular complexity index is 545. The average Bonchev–Trinajstić information content (AvgIpc) is 2.47. The summed E-state index contributed by atoms with van der Waals surface area (Å²) in [6, 6.07) is 20.4. The summed E-state index contributed by atoms with van der Waals surface area (Å²) in [6.45, 7) is 0. The van der Waals surface area contributed by atoms with Crippen molar-refractivity contribution in [1.82, 2.24) is 4.90 Å². The zero-order valence-corrected chi connectivity index (χ0v) is 11.7. The van der Waals surface area contributed by atoms with Crippen LogP contribution >= 0.6 is 0 Å². The Balaban J connectivity index is 2.04. The molecule has 0 saturated heterocycles. The van der Waals surface area contributed by atoms with E-state index in [-0.39, 0.29) is 0 Å². The van der Waals surface area contributed by atoms with Crippen LogP contribution in [0.5, 0.6) is 0 Å². The number of benzene rings is 2. The summed E-state index contributed by atoms with van der Waals surface area (Å²) in [5.41, 5.74) is 4.47. The van der Waals surface area contributed by atoms with Crippen LogP contribution in [0.25, 0.3) is 0 Å². The number of hydrogen-bond acceptors (Lipinski definition) is 1. The maximum absolute atomic E-state index is 2.35. The summed E-state index contributed by atoms with van der Waals surface area (Å²) in [4.78, 5) is 2.35. The fraction of sp³-hybridized carbons (Fsp3) is 0.333. The van der Waals surface area contributed by atoms with Crippen LogP contribution in [-0.4, -0.2) is 19.0 Å². The highest BCUT2D eigenvalue weighted by Crippen LogP contribution is 2.42. The Hall–Kier alpha value is -1.60. The van der Waals surface area contributed by atoms with Gasteiger partial charge in [0.25, 0.3) is 0 Å². The molecule has 0 fully saturated rings. The summed E-state index contributed by atoms with van der Waals surface area (Å²) in [6.07, 6.45) is 2.48. The number of rotatable bonds is 2. The van der Waals surface area contributed by atoms with Crippen LogP contribution < -0.4 is 0 Å². The van der Waals surface area contributed by atoms with E-state index in [0.717, 1.165) is 0 Å². The molecule has 0 N–H and O–H groups in total. The Kier molecular flexibility index (Phi) is 3.39. The van der Waals surface area contributed by atoms with Crippen molar-refractivity contribution in [3.05, 3.63) is 71.3 Å². The van der Waals surface area contributed by atoms with Gasteiger partial charge >= 0.3 is 0 Å². The highest BCUT2D eigenvalue weighted by Gasteiger charge is 2.28. The van der Waals surface area contributed by atoms with E-state index in [9.17, 15) is 0 Å². The average molecular weight is 251 g/mol. The first-order chi connectivity index (χ1) is 9.27. The molecule has 1 nitrogen and oxygen atoms in total. The number of hydrogen-bond donors (Lipinski definition) is 0. The van der Waals surface area contributed by atoms with Gasteiger partial charge in [-0.05, 0) is 43.6 Å². The Morgan fingerprint density at radius 2 is 1.42 bits per heavy atom. The molecule has 0 saturated carbocycles. The van der Waals surface area contributed by atoms with Crippen LogP contribution in [0.1, 0.15) is 41.5 Å². The van der Waals surface area contributed by atoms with Crippen molar-refractivity contribution in [2.75, 3.05) is 14.1 Å². The monoisotopic (exact) mass is 251 g/mol. The molecule has 2 atom stereocenters. The minimum atomic E-state index is 0.564. The summed E-state index contributed by atoms with van der Waals surface area (Å²) in [5, 5.41) is 0. The van der Waals surface area contributed by atoms with E-state index in [1.165, 1.54) is 29.5 Å². The van der Waals surface area contributed by atoms with Gasteiger partial charge in [-0.15, -0.1) is 0 Å². The van der Waals surface area contributed by atoms with Crippen LogP contribution in [-0.2, 0) is 0 Å². The highest BCUT2D eigenvalue weighted by molar-refractivity contribution is 5.41. The summed E-state index contributed by atoms with van der Waals surface area (Å²) in [5.74, 6) is 0.564. The predicted octanol–water partition coefficient (Wildman–Crippen LogP) is 4.22. The van der Waals surface area contributed by atoms with Crippen molar-refractivity contribution in [2.45, 2.75) is 24.8 Å². The van der Waals surface area contributed by atoms with Gasteiger partial charge in [0, 0.05) is 12.0 Å². The number of fused-ring (bicyclic) bond motifs is 1. The van der Waals surface area contributed by atoms with Gasteiger partial charge in [0.1, 0.15) is 0 Å². The third kappa shape index (κ3) is 2.31. The van der Waals surface area contributed by atoms with Gasteiger partial charge in [0.15, 0.2) is 0 Å². The maximum Gasteiger partial charge on any atom is 0.0345 e. The second-order valence-electron chi connectivity index (χ2n) is 5.65. The zero-order valence-electron chi connectivity index (χ0n) is 11.7. The van der Waals surface area contributed by atoms with E-state index < -0.39 is 0 Å². The van der Waals surface area contributed by atoms with E-state index >= 15 is 0 Å². The molecule has 19 heavy (non-hydrogen) atoms. The molecule has 0 unspecified atom stereocenters. The Morgan fingerprint density at radius 1 is 0.789 bits per heavy atom. The highest BCUT2D eigenvalue weighted by atomic mass is 15.1. The van der Waals surface area contributed by atoms with Crippen LogP contribution in [0, 0.1) is 0 Å². The third-order valence-electron chi connectivity index (χ3n) is 4.28. The minimum Gasteiger partial charge on any atom is -0.302 e. The van der Waals surface area contributed by atoms with Crippen molar-refractivity contribution in [2.24, 2.45) is 0 Å².